The number of nitrogens with zero attached hydrogens (tertiary/aromatic N) is 1. The molecule has 2 unspecified atom stereocenters. The summed E-state index contributed by atoms with van der Waals surface area (Å²) in [6, 6.07) is 8.85. The van der Waals surface area contributed by atoms with Gasteiger partial charge in [-0.05, 0) is 42.0 Å². The Labute approximate surface area is 233 Å². The van der Waals surface area contributed by atoms with Crippen molar-refractivity contribution in [2.45, 2.75) is 22.8 Å². The monoisotopic (exact) mass is 616 g/mol. The van der Waals surface area contributed by atoms with E-state index in [1.54, 1.807) is 12.1 Å². The van der Waals surface area contributed by atoms with E-state index in [-0.39, 0.29) is 27.9 Å². The van der Waals surface area contributed by atoms with Gasteiger partial charge in [0.2, 0.25) is 5.91 Å². The lowest BCUT2D eigenvalue weighted by Gasteiger charge is -2.16. The van der Waals surface area contributed by atoms with Crippen molar-refractivity contribution in [2.24, 2.45) is 11.8 Å². The van der Waals surface area contributed by atoms with Crippen LogP contribution in [-0.2, 0) is 14.4 Å². The number of amides is 2. The summed E-state index contributed by atoms with van der Waals surface area (Å²) in [5.41, 5.74) is 0.750. The number of halogens is 8. The Morgan fingerprint density at radius 1 is 1.08 bits per heavy atom. The lowest BCUT2D eigenvalue weighted by Crippen LogP contribution is -2.35. The molecule has 37 heavy (non-hydrogen) atoms. The van der Waals surface area contributed by atoms with Crippen molar-refractivity contribution in [3.05, 3.63) is 62.6 Å². The van der Waals surface area contributed by atoms with E-state index in [0.29, 0.717) is 15.6 Å². The van der Waals surface area contributed by atoms with Crippen LogP contribution in [0.25, 0.3) is 0 Å². The minimum absolute atomic E-state index is 0.0291. The highest BCUT2D eigenvalue weighted by molar-refractivity contribution is 6.53. The zero-order valence-electron chi connectivity index (χ0n) is 18.4. The molecule has 1 saturated heterocycles. The largest absolute Gasteiger partial charge is 0.408 e. The van der Waals surface area contributed by atoms with Gasteiger partial charge in [-0.3, -0.25) is 19.2 Å². The van der Waals surface area contributed by atoms with Crippen LogP contribution in [-0.4, -0.2) is 46.3 Å². The molecule has 14 heteroatoms. The van der Waals surface area contributed by atoms with Crippen molar-refractivity contribution in [1.82, 2.24) is 5.06 Å². The quantitative estimate of drug-likeness (QED) is 0.277. The molecule has 6 nitrogen and oxygen atoms in total. The standard InChI is InChI=1S/C23H16Cl5F3N2O4/c24-12-3-10(4-13(25)6-12)18-19(23(18,27)28)20(35)32-14-1-2-16(26)15(7-14)17(34)5-11-8-37-33(21(11)36)9-22(29,30)31/h1-4,6-7,11,18-19H,5,8-9H2,(H,32,35)/t11-,18?,19?/m1/s1. The van der Waals surface area contributed by atoms with E-state index in [9.17, 15) is 27.6 Å². The predicted octanol–water partition coefficient (Wildman–Crippen LogP) is 6.70. The van der Waals surface area contributed by atoms with Crippen LogP contribution in [0.4, 0.5) is 18.9 Å². The number of alkyl halides is 5. The van der Waals surface area contributed by atoms with Gasteiger partial charge in [0.15, 0.2) is 5.78 Å². The maximum absolute atomic E-state index is 13.0. The number of hydrogen-bond acceptors (Lipinski definition) is 4. The third-order valence-corrected chi connectivity index (χ3v) is 7.60. The number of rotatable bonds is 7. The van der Waals surface area contributed by atoms with E-state index in [2.05, 4.69) is 5.32 Å². The number of Topliss-reactive ketones (excluding diaryl/α,β-unsaturated/α-hetero) is 1. The summed E-state index contributed by atoms with van der Waals surface area (Å²) >= 11 is 31.0. The lowest BCUT2D eigenvalue weighted by atomic mass is 9.98. The first-order valence-corrected chi connectivity index (χ1v) is 12.5. The van der Waals surface area contributed by atoms with Gasteiger partial charge in [0.05, 0.1) is 23.5 Å². The summed E-state index contributed by atoms with van der Waals surface area (Å²) in [5, 5.41) is 3.57. The summed E-state index contributed by atoms with van der Waals surface area (Å²) in [6.45, 7) is -1.95. The Morgan fingerprint density at radius 3 is 2.35 bits per heavy atom. The molecule has 1 N–H and O–H groups in total. The average Bonchev–Trinajstić information content (AvgIpc) is 3.22. The number of benzene rings is 2. The second kappa shape index (κ2) is 10.4. The molecule has 1 aliphatic carbocycles. The number of hydrogen-bond donors (Lipinski definition) is 1. The van der Waals surface area contributed by atoms with Gasteiger partial charge >= 0.3 is 6.18 Å². The van der Waals surface area contributed by atoms with Crippen LogP contribution in [0.2, 0.25) is 15.1 Å². The molecule has 0 bridgehead atoms. The normalized spacial score (nSPS) is 22.8. The number of carbonyl (C=O) groups excluding carboxylic acids is 3. The van der Waals surface area contributed by atoms with Gasteiger partial charge < -0.3 is 5.32 Å². The SMILES string of the molecule is O=C(C[C@@H]1CON(CC(F)(F)F)C1=O)c1cc(NC(=O)C2C(c3cc(Cl)cc(Cl)c3)C2(Cl)Cl)ccc1Cl. The average molecular weight is 619 g/mol. The third kappa shape index (κ3) is 6.29. The highest BCUT2D eigenvalue weighted by atomic mass is 35.5. The number of ketones is 1. The minimum atomic E-state index is -4.65. The van der Waals surface area contributed by atoms with E-state index < -0.39 is 58.8 Å². The maximum Gasteiger partial charge on any atom is 0.408 e. The fraction of sp³-hybridized carbons (Fsp3) is 0.348. The van der Waals surface area contributed by atoms with Crippen LogP contribution in [0.5, 0.6) is 0 Å². The number of hydroxylamine groups is 2. The van der Waals surface area contributed by atoms with E-state index in [4.69, 9.17) is 62.8 Å². The molecule has 2 aromatic rings. The molecule has 0 aromatic heterocycles. The molecule has 4 rings (SSSR count). The first-order valence-electron chi connectivity index (χ1n) is 10.7. The van der Waals surface area contributed by atoms with E-state index in [1.807, 2.05) is 0 Å². The number of nitrogens with one attached hydrogen (secondary N) is 1. The first-order chi connectivity index (χ1) is 17.2. The van der Waals surface area contributed by atoms with Crippen molar-refractivity contribution in [3.63, 3.8) is 0 Å². The zero-order valence-corrected chi connectivity index (χ0v) is 22.2. The molecule has 2 aromatic carbocycles. The Morgan fingerprint density at radius 2 is 1.73 bits per heavy atom. The molecule has 0 radical (unpaired) electrons. The summed E-state index contributed by atoms with van der Waals surface area (Å²) in [6.07, 6.45) is -5.08. The maximum atomic E-state index is 13.0. The lowest BCUT2D eigenvalue weighted by molar-refractivity contribution is -0.214. The first kappa shape index (κ1) is 28.3. The zero-order chi connectivity index (χ0) is 27.3. The summed E-state index contributed by atoms with van der Waals surface area (Å²) in [7, 11) is 0. The Balaban J connectivity index is 1.44. The highest BCUT2D eigenvalue weighted by Gasteiger charge is 2.67. The van der Waals surface area contributed by atoms with Crippen LogP contribution in [0.3, 0.4) is 0 Å². The van der Waals surface area contributed by atoms with Gasteiger partial charge in [-0.2, -0.15) is 13.2 Å². The minimum Gasteiger partial charge on any atom is -0.326 e. The predicted molar refractivity (Wildman–Crippen MR) is 133 cm³/mol. The van der Waals surface area contributed by atoms with Crippen molar-refractivity contribution in [3.8, 4) is 0 Å². The second-order valence-electron chi connectivity index (χ2n) is 8.63. The summed E-state index contributed by atoms with van der Waals surface area (Å²) in [4.78, 5) is 42.8. The fourth-order valence-corrected chi connectivity index (χ4v) is 5.74. The fourth-order valence-electron chi connectivity index (χ4n) is 4.14. The number of anilines is 1. The molecule has 1 aliphatic heterocycles. The van der Waals surface area contributed by atoms with E-state index in [0.717, 1.165) is 0 Å². The summed E-state index contributed by atoms with van der Waals surface area (Å²) < 4.78 is 36.3. The van der Waals surface area contributed by atoms with Crippen molar-refractivity contribution in [2.75, 3.05) is 18.5 Å². The van der Waals surface area contributed by atoms with E-state index >= 15 is 0 Å². The van der Waals surface area contributed by atoms with Crippen molar-refractivity contribution >= 4 is 81.3 Å². The van der Waals surface area contributed by atoms with Crippen LogP contribution >= 0.6 is 58.0 Å². The van der Waals surface area contributed by atoms with E-state index in [1.165, 1.54) is 24.3 Å². The highest BCUT2D eigenvalue weighted by Crippen LogP contribution is 2.65. The van der Waals surface area contributed by atoms with Crippen LogP contribution in [0.15, 0.2) is 36.4 Å². The molecule has 1 saturated carbocycles. The van der Waals surface area contributed by atoms with Gasteiger partial charge in [0.25, 0.3) is 5.91 Å². The second-order valence-corrected chi connectivity index (χ2v) is 11.4. The van der Waals surface area contributed by atoms with Gasteiger partial charge in [-0.25, -0.2) is 5.06 Å². The molecule has 1 heterocycles. The van der Waals surface area contributed by atoms with Crippen molar-refractivity contribution in [1.29, 1.82) is 0 Å². The number of carbonyl (C=O) groups is 3. The molecule has 2 amide bonds. The Bertz CT molecular complexity index is 1250. The smallest absolute Gasteiger partial charge is 0.326 e. The van der Waals surface area contributed by atoms with Gasteiger partial charge in [-0.15, -0.1) is 23.2 Å². The molecule has 2 aliphatic rings. The van der Waals surface area contributed by atoms with Gasteiger partial charge in [0.1, 0.15) is 10.9 Å². The van der Waals surface area contributed by atoms with Gasteiger partial charge in [0, 0.05) is 33.6 Å². The third-order valence-electron chi connectivity index (χ3n) is 5.90. The van der Waals surface area contributed by atoms with Gasteiger partial charge in [-0.1, -0.05) is 34.8 Å². The topological polar surface area (TPSA) is 75.7 Å². The summed E-state index contributed by atoms with van der Waals surface area (Å²) in [5.74, 6) is -4.64. The van der Waals surface area contributed by atoms with Crippen LogP contribution in [0.1, 0.15) is 28.3 Å². The van der Waals surface area contributed by atoms with Crippen LogP contribution in [0, 0.1) is 11.8 Å². The van der Waals surface area contributed by atoms with Crippen molar-refractivity contribution < 1.29 is 32.4 Å². The molecular formula is C23H16Cl5F3N2O4. The molecular weight excluding hydrogens is 603 g/mol. The Hall–Kier alpha value is -1.75. The van der Waals surface area contributed by atoms with Crippen LogP contribution < -0.4 is 5.32 Å². The Kier molecular flexibility index (Phi) is 7.97. The molecule has 198 valence electrons. The molecule has 3 atom stereocenters. The molecule has 0 spiro atoms. The molecule has 2 fully saturated rings.